The molecule has 0 heterocycles. The zero-order chi connectivity index (χ0) is 17.7. The third kappa shape index (κ3) is 7.60. The van der Waals surface area contributed by atoms with E-state index in [1.807, 2.05) is 0 Å². The number of hydrogen-bond donors (Lipinski definition) is 0. The molecule has 2 aromatic carbocycles. The van der Waals surface area contributed by atoms with Gasteiger partial charge in [-0.05, 0) is 48.1 Å². The van der Waals surface area contributed by atoms with Gasteiger partial charge in [0.2, 0.25) is 0 Å². The van der Waals surface area contributed by atoms with Gasteiger partial charge in [0.15, 0.2) is 0 Å². The highest BCUT2D eigenvalue weighted by Gasteiger charge is 1.98. The van der Waals surface area contributed by atoms with Crippen molar-refractivity contribution in [2.75, 3.05) is 0 Å². The van der Waals surface area contributed by atoms with E-state index in [0.717, 1.165) is 12.2 Å². The zero-order valence-electron chi connectivity index (χ0n) is 15.8. The van der Waals surface area contributed by atoms with Crippen molar-refractivity contribution in [3.63, 3.8) is 0 Å². The van der Waals surface area contributed by atoms with Gasteiger partial charge < -0.3 is 4.74 Å². The lowest BCUT2D eigenvalue weighted by Crippen LogP contribution is -1.95. The van der Waals surface area contributed by atoms with Crippen molar-refractivity contribution in [2.24, 2.45) is 0 Å². The fourth-order valence-corrected chi connectivity index (χ4v) is 2.79. The maximum atomic E-state index is 5.91. The molecule has 0 aromatic heterocycles. The molecule has 0 fully saturated rings. The summed E-state index contributed by atoms with van der Waals surface area (Å²) >= 11 is 0. The van der Waals surface area contributed by atoms with Crippen LogP contribution in [0, 0.1) is 0 Å². The first kappa shape index (κ1) is 19.3. The van der Waals surface area contributed by atoms with Gasteiger partial charge in [-0.1, -0.05) is 88.1 Å². The topological polar surface area (TPSA) is 9.23 Å². The zero-order valence-corrected chi connectivity index (χ0v) is 15.8. The molecular weight excluding hydrogens is 304 g/mol. The van der Waals surface area contributed by atoms with Crippen LogP contribution >= 0.6 is 0 Å². The quantitative estimate of drug-likeness (QED) is 0.394. The second-order valence-corrected chi connectivity index (χ2v) is 6.68. The summed E-state index contributed by atoms with van der Waals surface area (Å²) in [6.07, 6.45) is 13.2. The van der Waals surface area contributed by atoms with Crippen LogP contribution in [0.5, 0.6) is 5.75 Å². The van der Waals surface area contributed by atoms with E-state index in [2.05, 4.69) is 74.5 Å². The molecule has 0 aliphatic rings. The summed E-state index contributed by atoms with van der Waals surface area (Å²) in [5.74, 6) is 0.948. The number of benzene rings is 2. The average molecular weight is 337 g/mol. The Hall–Kier alpha value is -2.02. The lowest BCUT2D eigenvalue weighted by Gasteiger charge is -2.08. The Morgan fingerprint density at radius 1 is 0.760 bits per heavy atom. The van der Waals surface area contributed by atoms with Crippen LogP contribution in [-0.4, -0.2) is 0 Å². The summed E-state index contributed by atoms with van der Waals surface area (Å²) in [7, 11) is 0. The van der Waals surface area contributed by atoms with E-state index in [4.69, 9.17) is 4.74 Å². The van der Waals surface area contributed by atoms with E-state index in [-0.39, 0.29) is 0 Å². The van der Waals surface area contributed by atoms with Crippen LogP contribution in [0.1, 0.15) is 69.1 Å². The fraction of sp³-hybridized carbons (Fsp3) is 0.417. The van der Waals surface area contributed by atoms with Gasteiger partial charge in [-0.3, -0.25) is 0 Å². The largest absolute Gasteiger partial charge is 0.489 e. The minimum absolute atomic E-state index is 0.620. The van der Waals surface area contributed by atoms with Gasteiger partial charge in [0, 0.05) is 0 Å². The first-order chi connectivity index (χ1) is 12.3. The maximum Gasteiger partial charge on any atom is 0.119 e. The smallest absolute Gasteiger partial charge is 0.119 e. The molecule has 0 spiro atoms. The third-order valence-corrected chi connectivity index (χ3v) is 4.39. The van der Waals surface area contributed by atoms with Crippen molar-refractivity contribution >= 4 is 6.08 Å². The molecule has 0 aliphatic carbocycles. The highest BCUT2D eigenvalue weighted by atomic mass is 16.5. The van der Waals surface area contributed by atoms with Gasteiger partial charge in [-0.25, -0.2) is 0 Å². The van der Waals surface area contributed by atoms with Crippen LogP contribution in [0.25, 0.3) is 6.08 Å². The summed E-state index contributed by atoms with van der Waals surface area (Å²) < 4.78 is 5.91. The molecular formula is C24H32O. The lowest BCUT2D eigenvalue weighted by molar-refractivity contribution is 0.306. The van der Waals surface area contributed by atoms with Crippen molar-refractivity contribution in [2.45, 2.75) is 65.4 Å². The highest BCUT2D eigenvalue weighted by Crippen LogP contribution is 2.16. The molecule has 0 saturated carbocycles. The van der Waals surface area contributed by atoms with Crippen molar-refractivity contribution in [1.29, 1.82) is 0 Å². The van der Waals surface area contributed by atoms with Crippen molar-refractivity contribution in [3.05, 3.63) is 71.3 Å². The third-order valence-electron chi connectivity index (χ3n) is 4.39. The minimum atomic E-state index is 0.620. The predicted octanol–water partition coefficient (Wildman–Crippen LogP) is 7.20. The summed E-state index contributed by atoms with van der Waals surface area (Å²) in [6.45, 7) is 5.07. The monoisotopic (exact) mass is 336 g/mol. The van der Waals surface area contributed by atoms with Crippen LogP contribution < -0.4 is 4.74 Å². The molecule has 0 atom stereocenters. The Morgan fingerprint density at radius 2 is 1.48 bits per heavy atom. The van der Waals surface area contributed by atoms with Crippen molar-refractivity contribution < 1.29 is 4.74 Å². The molecule has 1 nitrogen and oxygen atoms in total. The Bertz CT molecular complexity index is 608. The molecule has 2 rings (SSSR count). The molecule has 0 bridgehead atoms. The molecule has 0 radical (unpaired) electrons. The van der Waals surface area contributed by atoms with E-state index in [0.29, 0.717) is 6.61 Å². The van der Waals surface area contributed by atoms with Crippen LogP contribution in [0.2, 0.25) is 0 Å². The molecule has 1 heteroatoms. The molecule has 0 saturated heterocycles. The summed E-state index contributed by atoms with van der Waals surface area (Å²) in [4.78, 5) is 0. The van der Waals surface area contributed by atoms with Crippen LogP contribution in [0.4, 0.5) is 0 Å². The van der Waals surface area contributed by atoms with E-state index in [9.17, 15) is 0 Å². The first-order valence-corrected chi connectivity index (χ1v) is 9.79. The van der Waals surface area contributed by atoms with Crippen LogP contribution in [0.3, 0.4) is 0 Å². The molecule has 0 amide bonds. The Kier molecular flexibility index (Phi) is 8.90. The predicted molar refractivity (Wildman–Crippen MR) is 109 cm³/mol. The van der Waals surface area contributed by atoms with Gasteiger partial charge in [0.1, 0.15) is 12.4 Å². The summed E-state index contributed by atoms with van der Waals surface area (Å²) in [5.41, 5.74) is 3.87. The summed E-state index contributed by atoms with van der Waals surface area (Å²) in [5, 5.41) is 0. The lowest BCUT2D eigenvalue weighted by atomic mass is 10.1. The molecule has 134 valence electrons. The SMILES string of the molecule is CCCC=Cc1ccc(COc2ccc(CCCCCC)cc2)cc1. The molecule has 0 N–H and O–H groups in total. The van der Waals surface area contributed by atoms with Crippen LogP contribution in [-0.2, 0) is 13.0 Å². The van der Waals surface area contributed by atoms with E-state index >= 15 is 0 Å². The maximum absolute atomic E-state index is 5.91. The second-order valence-electron chi connectivity index (χ2n) is 6.68. The Balaban J connectivity index is 1.77. The van der Waals surface area contributed by atoms with E-state index in [1.165, 1.54) is 55.2 Å². The average Bonchev–Trinajstić information content (AvgIpc) is 2.66. The number of rotatable bonds is 11. The van der Waals surface area contributed by atoms with Crippen LogP contribution in [0.15, 0.2) is 54.6 Å². The van der Waals surface area contributed by atoms with E-state index < -0.39 is 0 Å². The number of allylic oxidation sites excluding steroid dienone is 1. The Labute approximate surface area is 153 Å². The first-order valence-electron chi connectivity index (χ1n) is 9.79. The van der Waals surface area contributed by atoms with Gasteiger partial charge in [0.25, 0.3) is 0 Å². The fourth-order valence-electron chi connectivity index (χ4n) is 2.79. The standard InChI is InChI=1S/C24H32O/c1-3-5-7-9-11-22-16-18-24(19-17-22)25-20-23-14-12-21(13-15-23)10-8-6-4-2/h8,10,12-19H,3-7,9,11,20H2,1-2H3. The molecule has 2 aromatic rings. The number of ether oxygens (including phenoxy) is 1. The number of unbranched alkanes of at least 4 members (excludes halogenated alkanes) is 4. The normalized spacial score (nSPS) is 11.1. The van der Waals surface area contributed by atoms with E-state index in [1.54, 1.807) is 0 Å². The van der Waals surface area contributed by atoms with Gasteiger partial charge in [0.05, 0.1) is 0 Å². The van der Waals surface area contributed by atoms with Gasteiger partial charge >= 0.3 is 0 Å². The minimum Gasteiger partial charge on any atom is -0.489 e. The number of aryl methyl sites for hydroxylation is 1. The van der Waals surface area contributed by atoms with Crippen molar-refractivity contribution in [3.8, 4) is 5.75 Å². The second kappa shape index (κ2) is 11.5. The van der Waals surface area contributed by atoms with Gasteiger partial charge in [-0.2, -0.15) is 0 Å². The Morgan fingerprint density at radius 3 is 2.16 bits per heavy atom. The summed E-state index contributed by atoms with van der Waals surface area (Å²) in [6, 6.07) is 17.2. The molecule has 0 unspecified atom stereocenters. The van der Waals surface area contributed by atoms with Gasteiger partial charge in [-0.15, -0.1) is 0 Å². The molecule has 0 aliphatic heterocycles. The van der Waals surface area contributed by atoms with Crippen molar-refractivity contribution in [1.82, 2.24) is 0 Å². The highest BCUT2D eigenvalue weighted by molar-refractivity contribution is 5.49. The molecule has 25 heavy (non-hydrogen) atoms. The number of hydrogen-bond acceptors (Lipinski definition) is 1.